The molecule has 1 aromatic carbocycles. The van der Waals surface area contributed by atoms with Crippen molar-refractivity contribution in [3.05, 3.63) is 29.8 Å². The third-order valence-corrected chi connectivity index (χ3v) is 2.43. The first-order chi connectivity index (χ1) is 9.26. The lowest BCUT2D eigenvalue weighted by atomic mass is 10.1. The number of benzene rings is 1. The number of hydrogen-bond donors (Lipinski definition) is 2. The van der Waals surface area contributed by atoms with Crippen molar-refractivity contribution in [2.45, 2.75) is 13.3 Å². The number of ether oxygens (including phenoxy) is 2. The molecular weight excluding hydrogens is 291 g/mol. The summed E-state index contributed by atoms with van der Waals surface area (Å²) in [4.78, 5) is 39.0. The predicted octanol–water partition coefficient (Wildman–Crippen LogP) is 0.764. The van der Waals surface area contributed by atoms with Gasteiger partial charge in [-0.25, -0.2) is 4.57 Å². The minimum Gasteiger partial charge on any atom is -0.428 e. The van der Waals surface area contributed by atoms with Crippen molar-refractivity contribution in [2.24, 2.45) is 0 Å². The van der Waals surface area contributed by atoms with E-state index in [2.05, 4.69) is 14.0 Å². The van der Waals surface area contributed by atoms with Crippen LogP contribution in [0.15, 0.2) is 24.3 Å². The van der Waals surface area contributed by atoms with Gasteiger partial charge in [0.2, 0.25) is 6.79 Å². The second-order valence-corrected chi connectivity index (χ2v) is 4.84. The van der Waals surface area contributed by atoms with E-state index in [1.165, 1.54) is 31.2 Å². The van der Waals surface area contributed by atoms with Gasteiger partial charge in [-0.05, 0) is 17.7 Å². The molecule has 0 atom stereocenters. The van der Waals surface area contributed by atoms with Crippen LogP contribution in [0.3, 0.4) is 0 Å². The van der Waals surface area contributed by atoms with E-state index in [0.29, 0.717) is 5.56 Å². The van der Waals surface area contributed by atoms with Gasteiger partial charge >= 0.3 is 19.8 Å². The standard InChI is InChI=1S/C11H13O8P/c1-8(12)17-7-18-11(13)6-9-2-4-10(5-3-9)19-20(14,15)16/h2-5H,6-7H2,1H3,(H2,14,15,16). The van der Waals surface area contributed by atoms with E-state index in [9.17, 15) is 14.2 Å². The summed E-state index contributed by atoms with van der Waals surface area (Å²) >= 11 is 0. The van der Waals surface area contributed by atoms with Crippen LogP contribution in [-0.4, -0.2) is 28.5 Å². The largest absolute Gasteiger partial charge is 0.524 e. The maximum absolute atomic E-state index is 11.3. The highest BCUT2D eigenvalue weighted by Gasteiger charge is 2.15. The minimum absolute atomic E-state index is 0.0182. The highest BCUT2D eigenvalue weighted by molar-refractivity contribution is 7.46. The Morgan fingerprint density at radius 2 is 1.75 bits per heavy atom. The molecule has 1 aromatic rings. The zero-order chi connectivity index (χ0) is 15.2. The summed E-state index contributed by atoms with van der Waals surface area (Å²) in [6.07, 6.45) is -0.0720. The third-order valence-electron chi connectivity index (χ3n) is 1.98. The Morgan fingerprint density at radius 3 is 2.25 bits per heavy atom. The fourth-order valence-corrected chi connectivity index (χ4v) is 1.60. The average molecular weight is 304 g/mol. The summed E-state index contributed by atoms with van der Waals surface area (Å²) in [7, 11) is -4.59. The van der Waals surface area contributed by atoms with Crippen molar-refractivity contribution in [1.29, 1.82) is 0 Å². The summed E-state index contributed by atoms with van der Waals surface area (Å²) < 4.78 is 24.0. The molecule has 20 heavy (non-hydrogen) atoms. The van der Waals surface area contributed by atoms with Crippen LogP contribution >= 0.6 is 7.82 Å². The minimum atomic E-state index is -4.59. The first-order valence-corrected chi connectivity index (χ1v) is 6.92. The third kappa shape index (κ3) is 6.89. The molecule has 0 aliphatic heterocycles. The van der Waals surface area contributed by atoms with E-state index in [1.54, 1.807) is 0 Å². The van der Waals surface area contributed by atoms with Crippen LogP contribution in [0.25, 0.3) is 0 Å². The topological polar surface area (TPSA) is 119 Å². The summed E-state index contributed by atoms with van der Waals surface area (Å²) in [6, 6.07) is 5.54. The Labute approximate surface area is 114 Å². The second-order valence-electron chi connectivity index (χ2n) is 3.67. The van der Waals surface area contributed by atoms with Gasteiger partial charge in [0, 0.05) is 6.92 Å². The van der Waals surface area contributed by atoms with E-state index in [0.717, 1.165) is 0 Å². The molecule has 1 rings (SSSR count). The van der Waals surface area contributed by atoms with Crippen molar-refractivity contribution in [2.75, 3.05) is 6.79 Å². The smallest absolute Gasteiger partial charge is 0.428 e. The van der Waals surface area contributed by atoms with Gasteiger partial charge in [0.05, 0.1) is 6.42 Å². The summed E-state index contributed by atoms with van der Waals surface area (Å²) in [5.41, 5.74) is 0.552. The van der Waals surface area contributed by atoms with Crippen LogP contribution in [0, 0.1) is 0 Å². The van der Waals surface area contributed by atoms with Gasteiger partial charge < -0.3 is 14.0 Å². The molecule has 0 heterocycles. The molecular formula is C11H13O8P. The summed E-state index contributed by atoms with van der Waals surface area (Å²) in [6.45, 7) is 0.737. The van der Waals surface area contributed by atoms with Crippen LogP contribution in [-0.2, 0) is 30.0 Å². The van der Waals surface area contributed by atoms with Gasteiger partial charge in [-0.15, -0.1) is 0 Å². The highest BCUT2D eigenvalue weighted by atomic mass is 31.2. The van der Waals surface area contributed by atoms with Crippen molar-refractivity contribution in [1.82, 2.24) is 0 Å². The van der Waals surface area contributed by atoms with E-state index in [4.69, 9.17) is 9.79 Å². The molecule has 0 unspecified atom stereocenters. The number of phosphoric acid groups is 1. The van der Waals surface area contributed by atoms with E-state index < -0.39 is 26.6 Å². The molecule has 2 N–H and O–H groups in total. The molecule has 0 spiro atoms. The maximum Gasteiger partial charge on any atom is 0.524 e. The maximum atomic E-state index is 11.3. The first-order valence-electron chi connectivity index (χ1n) is 5.39. The predicted molar refractivity (Wildman–Crippen MR) is 65.5 cm³/mol. The molecule has 0 aromatic heterocycles. The molecule has 0 fully saturated rings. The van der Waals surface area contributed by atoms with Gasteiger partial charge in [0.15, 0.2) is 0 Å². The monoisotopic (exact) mass is 304 g/mol. The Kier molecular flexibility index (Phi) is 5.69. The number of carbonyl (C=O) groups excluding carboxylic acids is 2. The van der Waals surface area contributed by atoms with Gasteiger partial charge in [0.1, 0.15) is 5.75 Å². The summed E-state index contributed by atoms with van der Waals surface area (Å²) in [5, 5.41) is 0. The van der Waals surface area contributed by atoms with Crippen molar-refractivity contribution in [3.63, 3.8) is 0 Å². The van der Waals surface area contributed by atoms with Gasteiger partial charge in [-0.3, -0.25) is 19.4 Å². The van der Waals surface area contributed by atoms with Crippen LogP contribution in [0.2, 0.25) is 0 Å². The lowest BCUT2D eigenvalue weighted by Crippen LogP contribution is -2.12. The van der Waals surface area contributed by atoms with Crippen molar-refractivity contribution in [3.8, 4) is 5.75 Å². The molecule has 0 aliphatic rings. The number of carbonyl (C=O) groups is 2. The summed E-state index contributed by atoms with van der Waals surface area (Å²) in [5.74, 6) is -1.18. The Bertz CT molecular complexity index is 518. The average Bonchev–Trinajstić information content (AvgIpc) is 2.29. The van der Waals surface area contributed by atoms with Crippen LogP contribution in [0.5, 0.6) is 5.75 Å². The van der Waals surface area contributed by atoms with Crippen molar-refractivity contribution < 1.29 is 37.9 Å². The zero-order valence-electron chi connectivity index (χ0n) is 10.5. The fourth-order valence-electron chi connectivity index (χ4n) is 1.20. The van der Waals surface area contributed by atoms with Crippen molar-refractivity contribution >= 4 is 19.8 Å². The molecule has 0 radical (unpaired) electrons. The molecule has 0 aliphatic carbocycles. The van der Waals surface area contributed by atoms with Crippen LogP contribution in [0.1, 0.15) is 12.5 Å². The van der Waals surface area contributed by atoms with Crippen LogP contribution < -0.4 is 4.52 Å². The molecule has 8 nitrogen and oxygen atoms in total. The highest BCUT2D eigenvalue weighted by Crippen LogP contribution is 2.37. The first kappa shape index (κ1) is 16.2. The Morgan fingerprint density at radius 1 is 1.15 bits per heavy atom. The zero-order valence-corrected chi connectivity index (χ0v) is 11.4. The Hall–Kier alpha value is -1.89. The number of hydrogen-bond acceptors (Lipinski definition) is 6. The van der Waals surface area contributed by atoms with Gasteiger partial charge in [-0.1, -0.05) is 12.1 Å². The molecule has 0 bridgehead atoms. The number of esters is 2. The van der Waals surface area contributed by atoms with Gasteiger partial charge in [-0.2, -0.15) is 0 Å². The molecule has 110 valence electrons. The quantitative estimate of drug-likeness (QED) is 0.449. The number of rotatable bonds is 6. The lowest BCUT2D eigenvalue weighted by molar-refractivity contribution is -0.165. The van der Waals surface area contributed by atoms with Gasteiger partial charge in [0.25, 0.3) is 0 Å². The normalized spacial score (nSPS) is 10.8. The fraction of sp³-hybridized carbons (Fsp3) is 0.273. The Balaban J connectivity index is 2.47. The van der Waals surface area contributed by atoms with E-state index >= 15 is 0 Å². The molecule has 0 saturated carbocycles. The lowest BCUT2D eigenvalue weighted by Gasteiger charge is -2.07. The van der Waals surface area contributed by atoms with E-state index in [-0.39, 0.29) is 12.2 Å². The van der Waals surface area contributed by atoms with Crippen LogP contribution in [0.4, 0.5) is 0 Å². The second kappa shape index (κ2) is 7.04. The SMILES string of the molecule is CC(=O)OCOC(=O)Cc1ccc(OP(=O)(O)O)cc1. The molecule has 0 amide bonds. The van der Waals surface area contributed by atoms with E-state index in [1.807, 2.05) is 0 Å². The molecule has 0 saturated heterocycles. The number of phosphoric ester groups is 1. The molecule has 9 heteroatoms.